The van der Waals surface area contributed by atoms with E-state index < -0.39 is 0 Å². The van der Waals surface area contributed by atoms with Gasteiger partial charge in [0.2, 0.25) is 0 Å². The third-order valence-corrected chi connectivity index (χ3v) is 2.63. The van der Waals surface area contributed by atoms with E-state index in [0.717, 1.165) is 19.3 Å². The van der Waals surface area contributed by atoms with Gasteiger partial charge in [-0.15, -0.1) is 6.58 Å². The quantitative estimate of drug-likeness (QED) is 0.621. The molecule has 72 valence electrons. The van der Waals surface area contributed by atoms with Gasteiger partial charge in [-0.1, -0.05) is 13.0 Å². The second-order valence-electron chi connectivity index (χ2n) is 3.34. The standard InChI is InChI=1S/C10H21NO/c1-5-7-8-9(11)10(3,6-2)12-4/h5,9H,1,6-8,11H2,2-4H3. The Kier molecular flexibility index (Phi) is 5.18. The maximum atomic E-state index is 5.99. The van der Waals surface area contributed by atoms with Gasteiger partial charge in [0, 0.05) is 13.2 Å². The number of rotatable bonds is 6. The van der Waals surface area contributed by atoms with E-state index in [1.807, 2.05) is 6.08 Å². The Balaban J connectivity index is 4.01. The molecule has 0 amide bonds. The molecule has 0 fully saturated rings. The van der Waals surface area contributed by atoms with E-state index >= 15 is 0 Å². The first kappa shape index (κ1) is 11.7. The molecule has 0 aliphatic heterocycles. The van der Waals surface area contributed by atoms with Crippen LogP contribution in [0.2, 0.25) is 0 Å². The van der Waals surface area contributed by atoms with Gasteiger partial charge < -0.3 is 10.5 Å². The Hall–Kier alpha value is -0.340. The highest BCUT2D eigenvalue weighted by molar-refractivity contribution is 4.87. The van der Waals surface area contributed by atoms with E-state index in [-0.39, 0.29) is 11.6 Å². The summed E-state index contributed by atoms with van der Waals surface area (Å²) in [6, 6.07) is 0.102. The van der Waals surface area contributed by atoms with Crippen LogP contribution in [0.5, 0.6) is 0 Å². The first-order valence-corrected chi connectivity index (χ1v) is 4.52. The van der Waals surface area contributed by atoms with Gasteiger partial charge in [-0.2, -0.15) is 0 Å². The molecule has 0 heterocycles. The van der Waals surface area contributed by atoms with Gasteiger partial charge in [-0.25, -0.2) is 0 Å². The molecular weight excluding hydrogens is 150 g/mol. The topological polar surface area (TPSA) is 35.2 Å². The minimum atomic E-state index is -0.178. The summed E-state index contributed by atoms with van der Waals surface area (Å²) in [5.74, 6) is 0. The SMILES string of the molecule is C=CCCC(N)C(C)(CC)OC. The van der Waals surface area contributed by atoms with Gasteiger partial charge in [-0.05, 0) is 26.2 Å². The van der Waals surface area contributed by atoms with Crippen molar-refractivity contribution >= 4 is 0 Å². The molecule has 0 saturated carbocycles. The van der Waals surface area contributed by atoms with Crippen molar-refractivity contribution in [3.63, 3.8) is 0 Å². The molecule has 0 aliphatic carbocycles. The van der Waals surface area contributed by atoms with Crippen molar-refractivity contribution in [3.8, 4) is 0 Å². The predicted molar refractivity (Wildman–Crippen MR) is 53.1 cm³/mol. The summed E-state index contributed by atoms with van der Waals surface area (Å²) in [7, 11) is 1.72. The predicted octanol–water partition coefficient (Wildman–Crippen LogP) is 2.09. The van der Waals surface area contributed by atoms with Crippen molar-refractivity contribution in [3.05, 3.63) is 12.7 Å². The third kappa shape index (κ3) is 2.95. The van der Waals surface area contributed by atoms with Gasteiger partial charge in [0.15, 0.2) is 0 Å². The minimum Gasteiger partial charge on any atom is -0.377 e. The molecule has 0 aromatic heterocycles. The maximum absolute atomic E-state index is 5.99. The second-order valence-corrected chi connectivity index (χ2v) is 3.34. The molecule has 0 bridgehead atoms. The van der Waals surface area contributed by atoms with Crippen LogP contribution in [0.1, 0.15) is 33.1 Å². The molecule has 2 atom stereocenters. The van der Waals surface area contributed by atoms with Crippen LogP contribution in [0, 0.1) is 0 Å². The summed E-state index contributed by atoms with van der Waals surface area (Å²) < 4.78 is 5.39. The number of hydrogen-bond acceptors (Lipinski definition) is 2. The molecule has 0 radical (unpaired) electrons. The Morgan fingerprint density at radius 2 is 2.25 bits per heavy atom. The molecule has 0 rings (SSSR count). The maximum Gasteiger partial charge on any atom is 0.0798 e. The molecule has 2 N–H and O–H groups in total. The Labute approximate surface area is 75.8 Å². The summed E-state index contributed by atoms with van der Waals surface area (Å²) >= 11 is 0. The van der Waals surface area contributed by atoms with Crippen molar-refractivity contribution in [1.82, 2.24) is 0 Å². The smallest absolute Gasteiger partial charge is 0.0798 e. The summed E-state index contributed by atoms with van der Waals surface area (Å²) in [5.41, 5.74) is 5.81. The van der Waals surface area contributed by atoms with Gasteiger partial charge in [0.05, 0.1) is 5.60 Å². The van der Waals surface area contributed by atoms with E-state index in [1.165, 1.54) is 0 Å². The van der Waals surface area contributed by atoms with E-state index in [1.54, 1.807) is 7.11 Å². The van der Waals surface area contributed by atoms with Crippen molar-refractivity contribution in [2.24, 2.45) is 5.73 Å². The van der Waals surface area contributed by atoms with Gasteiger partial charge >= 0.3 is 0 Å². The Bertz CT molecular complexity index is 130. The first-order chi connectivity index (χ1) is 5.60. The number of methoxy groups -OCH3 is 1. The fourth-order valence-electron chi connectivity index (χ4n) is 1.16. The molecule has 2 nitrogen and oxygen atoms in total. The van der Waals surface area contributed by atoms with Crippen LogP contribution in [0.3, 0.4) is 0 Å². The van der Waals surface area contributed by atoms with E-state index in [4.69, 9.17) is 10.5 Å². The van der Waals surface area contributed by atoms with Crippen LogP contribution in [0.25, 0.3) is 0 Å². The normalized spacial score (nSPS) is 18.3. The molecule has 0 aliphatic rings. The lowest BCUT2D eigenvalue weighted by Crippen LogP contribution is -2.46. The summed E-state index contributed by atoms with van der Waals surface area (Å²) in [5, 5.41) is 0. The van der Waals surface area contributed by atoms with Gasteiger partial charge in [0.25, 0.3) is 0 Å². The average Bonchev–Trinajstić information content (AvgIpc) is 2.12. The zero-order valence-electron chi connectivity index (χ0n) is 8.47. The molecule has 0 saturated heterocycles. The Morgan fingerprint density at radius 3 is 2.58 bits per heavy atom. The summed E-state index contributed by atoms with van der Waals surface area (Å²) in [6.45, 7) is 7.82. The molecular formula is C10H21NO. The van der Waals surface area contributed by atoms with E-state index in [2.05, 4.69) is 20.4 Å². The first-order valence-electron chi connectivity index (χ1n) is 4.52. The highest BCUT2D eigenvalue weighted by Crippen LogP contribution is 2.20. The largest absolute Gasteiger partial charge is 0.377 e. The van der Waals surface area contributed by atoms with Crippen molar-refractivity contribution in [1.29, 1.82) is 0 Å². The fraction of sp³-hybridized carbons (Fsp3) is 0.800. The molecule has 0 aromatic carbocycles. The lowest BCUT2D eigenvalue weighted by Gasteiger charge is -2.33. The molecule has 2 unspecified atom stereocenters. The Morgan fingerprint density at radius 1 is 1.67 bits per heavy atom. The zero-order valence-corrected chi connectivity index (χ0v) is 8.47. The van der Waals surface area contributed by atoms with Crippen molar-refractivity contribution in [2.75, 3.05) is 7.11 Å². The molecule has 2 heteroatoms. The number of ether oxygens (including phenoxy) is 1. The van der Waals surface area contributed by atoms with Crippen LogP contribution in [-0.4, -0.2) is 18.8 Å². The van der Waals surface area contributed by atoms with Crippen LogP contribution >= 0.6 is 0 Å². The van der Waals surface area contributed by atoms with Crippen molar-refractivity contribution in [2.45, 2.75) is 44.8 Å². The number of nitrogens with two attached hydrogens (primary N) is 1. The highest BCUT2D eigenvalue weighted by atomic mass is 16.5. The number of allylic oxidation sites excluding steroid dienone is 1. The van der Waals surface area contributed by atoms with E-state index in [9.17, 15) is 0 Å². The molecule has 0 spiro atoms. The average molecular weight is 171 g/mol. The van der Waals surface area contributed by atoms with Gasteiger partial charge in [0.1, 0.15) is 0 Å². The van der Waals surface area contributed by atoms with Crippen LogP contribution in [0.15, 0.2) is 12.7 Å². The van der Waals surface area contributed by atoms with Crippen LogP contribution in [-0.2, 0) is 4.74 Å². The zero-order chi connectivity index (χ0) is 9.61. The highest BCUT2D eigenvalue weighted by Gasteiger charge is 2.28. The monoisotopic (exact) mass is 171 g/mol. The lowest BCUT2D eigenvalue weighted by atomic mass is 9.90. The molecule has 12 heavy (non-hydrogen) atoms. The second kappa shape index (κ2) is 5.33. The number of hydrogen-bond donors (Lipinski definition) is 1. The van der Waals surface area contributed by atoms with E-state index in [0.29, 0.717) is 0 Å². The van der Waals surface area contributed by atoms with Crippen LogP contribution < -0.4 is 5.73 Å². The lowest BCUT2D eigenvalue weighted by molar-refractivity contribution is -0.0203. The molecule has 0 aromatic rings. The van der Waals surface area contributed by atoms with Crippen molar-refractivity contribution < 1.29 is 4.74 Å². The fourth-order valence-corrected chi connectivity index (χ4v) is 1.16. The van der Waals surface area contributed by atoms with Crippen LogP contribution in [0.4, 0.5) is 0 Å². The summed E-state index contributed by atoms with van der Waals surface area (Å²) in [4.78, 5) is 0. The minimum absolute atomic E-state index is 0.102. The van der Waals surface area contributed by atoms with Gasteiger partial charge in [-0.3, -0.25) is 0 Å². The summed E-state index contributed by atoms with van der Waals surface area (Å²) in [6.07, 6.45) is 4.75. The third-order valence-electron chi connectivity index (χ3n) is 2.63.